The standard InChI is InChI=1S/C16H26O/c1-7-11(3)14-10-13(16(4,5)6)9-12(8-2)15(14)17/h9-11,17H,7-8H2,1-6H3. The Morgan fingerprint density at radius 2 is 1.76 bits per heavy atom. The van der Waals surface area contributed by atoms with Crippen LogP contribution in [0.3, 0.4) is 0 Å². The van der Waals surface area contributed by atoms with Gasteiger partial charge in [-0.05, 0) is 40.9 Å². The van der Waals surface area contributed by atoms with Crippen LogP contribution in [0.2, 0.25) is 0 Å². The lowest BCUT2D eigenvalue weighted by Crippen LogP contribution is -2.13. The van der Waals surface area contributed by atoms with Crippen LogP contribution in [0.1, 0.15) is 70.6 Å². The second-order valence-electron chi connectivity index (χ2n) is 5.99. The molecule has 1 atom stereocenters. The Labute approximate surface area is 106 Å². The van der Waals surface area contributed by atoms with Gasteiger partial charge < -0.3 is 5.11 Å². The van der Waals surface area contributed by atoms with Gasteiger partial charge in [-0.3, -0.25) is 0 Å². The first-order chi connectivity index (χ1) is 7.81. The first-order valence-electron chi connectivity index (χ1n) is 6.67. The van der Waals surface area contributed by atoms with E-state index in [-0.39, 0.29) is 5.41 Å². The van der Waals surface area contributed by atoms with Crippen molar-refractivity contribution in [2.45, 2.75) is 65.7 Å². The van der Waals surface area contributed by atoms with Gasteiger partial charge in [-0.15, -0.1) is 0 Å². The third-order valence-corrected chi connectivity index (χ3v) is 3.61. The first-order valence-corrected chi connectivity index (χ1v) is 6.67. The molecule has 0 saturated carbocycles. The van der Waals surface area contributed by atoms with Gasteiger partial charge in [0.15, 0.2) is 0 Å². The number of hydrogen-bond acceptors (Lipinski definition) is 1. The largest absolute Gasteiger partial charge is 0.507 e. The van der Waals surface area contributed by atoms with Gasteiger partial charge in [-0.1, -0.05) is 53.7 Å². The van der Waals surface area contributed by atoms with Crippen LogP contribution in [0.15, 0.2) is 12.1 Å². The summed E-state index contributed by atoms with van der Waals surface area (Å²) in [6.45, 7) is 13.1. The predicted octanol–water partition coefficient (Wildman–Crippen LogP) is 4.77. The van der Waals surface area contributed by atoms with Crippen LogP contribution in [-0.2, 0) is 11.8 Å². The van der Waals surface area contributed by atoms with E-state index in [2.05, 4.69) is 53.7 Å². The zero-order chi connectivity index (χ0) is 13.2. The Balaban J connectivity index is 3.39. The van der Waals surface area contributed by atoms with E-state index in [4.69, 9.17) is 0 Å². The first kappa shape index (κ1) is 14.1. The van der Waals surface area contributed by atoms with Crippen molar-refractivity contribution in [2.24, 2.45) is 0 Å². The lowest BCUT2D eigenvalue weighted by atomic mass is 9.82. The van der Waals surface area contributed by atoms with Gasteiger partial charge in [0.25, 0.3) is 0 Å². The summed E-state index contributed by atoms with van der Waals surface area (Å²) < 4.78 is 0. The monoisotopic (exact) mass is 234 g/mol. The molecule has 96 valence electrons. The van der Waals surface area contributed by atoms with Crippen LogP contribution >= 0.6 is 0 Å². The Morgan fingerprint density at radius 1 is 1.18 bits per heavy atom. The van der Waals surface area contributed by atoms with E-state index >= 15 is 0 Å². The minimum atomic E-state index is 0.139. The van der Waals surface area contributed by atoms with E-state index < -0.39 is 0 Å². The van der Waals surface area contributed by atoms with Crippen molar-refractivity contribution in [2.75, 3.05) is 0 Å². The molecule has 1 nitrogen and oxygen atoms in total. The van der Waals surface area contributed by atoms with E-state index in [1.54, 1.807) is 0 Å². The van der Waals surface area contributed by atoms with Crippen molar-refractivity contribution < 1.29 is 5.11 Å². The van der Waals surface area contributed by atoms with Gasteiger partial charge in [-0.25, -0.2) is 0 Å². The molecule has 0 aliphatic heterocycles. The highest BCUT2D eigenvalue weighted by molar-refractivity contribution is 5.47. The van der Waals surface area contributed by atoms with Crippen molar-refractivity contribution >= 4 is 0 Å². The summed E-state index contributed by atoms with van der Waals surface area (Å²) in [5.74, 6) is 0.928. The highest BCUT2D eigenvalue weighted by Gasteiger charge is 2.19. The van der Waals surface area contributed by atoms with Gasteiger partial charge in [0, 0.05) is 0 Å². The van der Waals surface area contributed by atoms with Crippen LogP contribution in [0.4, 0.5) is 0 Å². The molecule has 1 unspecified atom stereocenters. The van der Waals surface area contributed by atoms with E-state index in [1.165, 1.54) is 5.56 Å². The molecule has 0 fully saturated rings. The number of benzene rings is 1. The van der Waals surface area contributed by atoms with Gasteiger partial charge in [0.2, 0.25) is 0 Å². The van der Waals surface area contributed by atoms with Crippen molar-refractivity contribution in [1.29, 1.82) is 0 Å². The van der Waals surface area contributed by atoms with Crippen molar-refractivity contribution in [3.63, 3.8) is 0 Å². The second-order valence-corrected chi connectivity index (χ2v) is 5.99. The minimum Gasteiger partial charge on any atom is -0.507 e. The zero-order valence-electron chi connectivity index (χ0n) is 12.1. The number of aryl methyl sites for hydroxylation is 1. The van der Waals surface area contributed by atoms with Crippen molar-refractivity contribution in [3.8, 4) is 5.75 Å². The Bertz CT molecular complexity index is 385. The number of phenolic OH excluding ortho intramolecular Hbond substituents is 1. The molecular formula is C16H26O. The lowest BCUT2D eigenvalue weighted by molar-refractivity contribution is 0.453. The lowest BCUT2D eigenvalue weighted by Gasteiger charge is -2.24. The number of hydrogen-bond donors (Lipinski definition) is 1. The van der Waals surface area contributed by atoms with E-state index in [1.807, 2.05) is 0 Å². The molecule has 0 amide bonds. The zero-order valence-corrected chi connectivity index (χ0v) is 12.1. The number of phenols is 1. The maximum Gasteiger partial charge on any atom is 0.122 e. The molecule has 0 saturated heterocycles. The summed E-state index contributed by atoms with van der Waals surface area (Å²) in [5.41, 5.74) is 3.65. The Kier molecular flexibility index (Phi) is 4.24. The van der Waals surface area contributed by atoms with E-state index in [0.29, 0.717) is 11.7 Å². The molecule has 1 aromatic rings. The van der Waals surface area contributed by atoms with Crippen LogP contribution in [-0.4, -0.2) is 5.11 Å². The summed E-state index contributed by atoms with van der Waals surface area (Å²) in [7, 11) is 0. The number of aromatic hydroxyl groups is 1. The maximum atomic E-state index is 10.3. The Morgan fingerprint density at radius 3 is 2.18 bits per heavy atom. The molecule has 0 spiro atoms. The SMILES string of the molecule is CCc1cc(C(C)(C)C)cc(C(C)CC)c1O. The second kappa shape index (κ2) is 5.12. The third-order valence-electron chi connectivity index (χ3n) is 3.61. The number of rotatable bonds is 3. The van der Waals surface area contributed by atoms with Crippen LogP contribution in [0.25, 0.3) is 0 Å². The van der Waals surface area contributed by atoms with Crippen LogP contribution in [0.5, 0.6) is 5.75 Å². The highest BCUT2D eigenvalue weighted by atomic mass is 16.3. The average Bonchev–Trinajstić information content (AvgIpc) is 2.26. The normalized spacial score (nSPS) is 13.8. The molecule has 0 aliphatic rings. The minimum absolute atomic E-state index is 0.139. The molecule has 17 heavy (non-hydrogen) atoms. The summed E-state index contributed by atoms with van der Waals surface area (Å²) in [6.07, 6.45) is 1.95. The molecule has 1 heteroatoms. The Hall–Kier alpha value is -0.980. The molecule has 0 heterocycles. The summed E-state index contributed by atoms with van der Waals surface area (Å²) in [6, 6.07) is 4.34. The molecule has 1 N–H and O–H groups in total. The average molecular weight is 234 g/mol. The van der Waals surface area contributed by atoms with Crippen molar-refractivity contribution in [3.05, 3.63) is 28.8 Å². The molecule has 0 aliphatic carbocycles. The van der Waals surface area contributed by atoms with Gasteiger partial charge in [0.05, 0.1) is 0 Å². The quantitative estimate of drug-likeness (QED) is 0.799. The summed E-state index contributed by atoms with van der Waals surface area (Å²) in [5, 5.41) is 10.3. The fourth-order valence-electron chi connectivity index (χ4n) is 2.02. The topological polar surface area (TPSA) is 20.2 Å². The van der Waals surface area contributed by atoms with Gasteiger partial charge in [0.1, 0.15) is 5.75 Å². The molecule has 0 bridgehead atoms. The molecule has 0 radical (unpaired) electrons. The summed E-state index contributed by atoms with van der Waals surface area (Å²) >= 11 is 0. The maximum absolute atomic E-state index is 10.3. The highest BCUT2D eigenvalue weighted by Crippen LogP contribution is 2.36. The van der Waals surface area contributed by atoms with Crippen LogP contribution in [0, 0.1) is 0 Å². The smallest absolute Gasteiger partial charge is 0.122 e. The molecular weight excluding hydrogens is 208 g/mol. The summed E-state index contributed by atoms with van der Waals surface area (Å²) in [4.78, 5) is 0. The predicted molar refractivity (Wildman–Crippen MR) is 74.9 cm³/mol. The van der Waals surface area contributed by atoms with Crippen LogP contribution < -0.4 is 0 Å². The fraction of sp³-hybridized carbons (Fsp3) is 0.625. The van der Waals surface area contributed by atoms with E-state index in [0.717, 1.165) is 24.0 Å². The van der Waals surface area contributed by atoms with Gasteiger partial charge in [-0.2, -0.15) is 0 Å². The van der Waals surface area contributed by atoms with Gasteiger partial charge >= 0.3 is 0 Å². The molecule has 1 rings (SSSR count). The molecule has 0 aromatic heterocycles. The van der Waals surface area contributed by atoms with E-state index in [9.17, 15) is 5.11 Å². The molecule has 1 aromatic carbocycles. The fourth-order valence-corrected chi connectivity index (χ4v) is 2.02. The third kappa shape index (κ3) is 3.02. The van der Waals surface area contributed by atoms with Crippen molar-refractivity contribution in [1.82, 2.24) is 0 Å².